The molecule has 2 aromatic carbocycles. The number of nitrogens with two attached hydrogens (primary N) is 1. The van der Waals surface area contributed by atoms with Gasteiger partial charge in [0.25, 0.3) is 0 Å². The van der Waals surface area contributed by atoms with Crippen molar-refractivity contribution < 1.29 is 9.47 Å². The van der Waals surface area contributed by atoms with Crippen molar-refractivity contribution in [2.45, 2.75) is 20.5 Å². The number of thiocarbonyl (C=S) groups is 1. The first-order valence-corrected chi connectivity index (χ1v) is 7.74. The normalized spacial score (nSPS) is 10.3. The summed E-state index contributed by atoms with van der Waals surface area (Å²) in [6, 6.07) is 11.6. The summed E-state index contributed by atoms with van der Waals surface area (Å²) in [4.78, 5) is 0.271. The molecule has 0 saturated carbocycles. The Balaban J connectivity index is 2.27. The van der Waals surface area contributed by atoms with Crippen LogP contribution in [0.5, 0.6) is 11.5 Å². The summed E-state index contributed by atoms with van der Waals surface area (Å²) in [6.45, 7) is 4.84. The van der Waals surface area contributed by atoms with Crippen molar-refractivity contribution in [2.24, 2.45) is 5.73 Å². The molecule has 0 aromatic heterocycles. The molecule has 2 N–H and O–H groups in total. The summed E-state index contributed by atoms with van der Waals surface area (Å²) in [5, 5.41) is 0.432. The molecule has 0 bridgehead atoms. The monoisotopic (exact) mass is 335 g/mol. The lowest BCUT2D eigenvalue weighted by molar-refractivity contribution is 0.269. The predicted octanol–water partition coefficient (Wildman–Crippen LogP) is 4.26. The van der Waals surface area contributed by atoms with Gasteiger partial charge < -0.3 is 15.2 Å². The molecule has 5 heteroatoms. The summed E-state index contributed by atoms with van der Waals surface area (Å²) in [5.41, 5.74) is 8.56. The molecule has 3 nitrogen and oxygen atoms in total. The van der Waals surface area contributed by atoms with E-state index in [-0.39, 0.29) is 4.99 Å². The first-order valence-electron chi connectivity index (χ1n) is 6.95. The van der Waals surface area contributed by atoms with Crippen LogP contribution in [0.1, 0.15) is 23.6 Å². The minimum atomic E-state index is 0.271. The number of halogens is 1. The molecule has 2 rings (SSSR count). The highest BCUT2D eigenvalue weighted by molar-refractivity contribution is 7.80. The van der Waals surface area contributed by atoms with E-state index in [0.717, 1.165) is 5.56 Å². The molecule has 0 aliphatic rings. The standard InChI is InChI=1S/C17H18ClNO2S/c1-3-20-15-9-13(17(19)22)8-14(18)16(15)21-10-12-6-4-5-11(2)7-12/h4-9H,3,10H2,1-2H3,(H2,19,22). The summed E-state index contributed by atoms with van der Waals surface area (Å²) >= 11 is 11.3. The molecule has 0 aliphatic carbocycles. The molecule has 0 atom stereocenters. The van der Waals surface area contributed by atoms with Gasteiger partial charge in [0.15, 0.2) is 11.5 Å². The molecule has 22 heavy (non-hydrogen) atoms. The van der Waals surface area contributed by atoms with E-state index in [2.05, 4.69) is 6.07 Å². The molecule has 116 valence electrons. The molecule has 0 radical (unpaired) electrons. The van der Waals surface area contributed by atoms with Crippen LogP contribution in [0.4, 0.5) is 0 Å². The van der Waals surface area contributed by atoms with Gasteiger partial charge in [-0.15, -0.1) is 0 Å². The van der Waals surface area contributed by atoms with E-state index < -0.39 is 0 Å². The largest absolute Gasteiger partial charge is 0.490 e. The average molecular weight is 336 g/mol. The summed E-state index contributed by atoms with van der Waals surface area (Å²) < 4.78 is 11.5. The predicted molar refractivity (Wildman–Crippen MR) is 94.0 cm³/mol. The molecule has 0 fully saturated rings. The van der Waals surface area contributed by atoms with Gasteiger partial charge in [-0.25, -0.2) is 0 Å². The van der Waals surface area contributed by atoms with Crippen molar-refractivity contribution >= 4 is 28.8 Å². The third-order valence-electron chi connectivity index (χ3n) is 3.06. The smallest absolute Gasteiger partial charge is 0.180 e. The topological polar surface area (TPSA) is 44.5 Å². The van der Waals surface area contributed by atoms with Gasteiger partial charge in [0, 0.05) is 5.56 Å². The molecular weight excluding hydrogens is 318 g/mol. The van der Waals surface area contributed by atoms with E-state index in [1.54, 1.807) is 12.1 Å². The van der Waals surface area contributed by atoms with E-state index in [1.165, 1.54) is 5.56 Å². The quantitative estimate of drug-likeness (QED) is 0.801. The van der Waals surface area contributed by atoms with Crippen molar-refractivity contribution in [3.8, 4) is 11.5 Å². The third kappa shape index (κ3) is 4.12. The molecule has 0 amide bonds. The Morgan fingerprint density at radius 3 is 2.64 bits per heavy atom. The maximum atomic E-state index is 6.29. The lowest BCUT2D eigenvalue weighted by atomic mass is 10.1. The van der Waals surface area contributed by atoms with E-state index in [1.807, 2.05) is 32.0 Å². The zero-order chi connectivity index (χ0) is 16.1. The van der Waals surface area contributed by atoms with Crippen molar-refractivity contribution in [1.29, 1.82) is 0 Å². The first kappa shape index (κ1) is 16.6. The second-order valence-corrected chi connectivity index (χ2v) is 5.71. The van der Waals surface area contributed by atoms with E-state index >= 15 is 0 Å². The molecular formula is C17H18ClNO2S. The number of ether oxygens (including phenoxy) is 2. The van der Waals surface area contributed by atoms with Gasteiger partial charge >= 0.3 is 0 Å². The molecule has 0 spiro atoms. The summed E-state index contributed by atoms with van der Waals surface area (Å²) in [7, 11) is 0. The zero-order valence-electron chi connectivity index (χ0n) is 12.6. The van der Waals surface area contributed by atoms with Gasteiger partial charge in [-0.05, 0) is 31.5 Å². The Kier molecular flexibility index (Phi) is 5.63. The highest BCUT2D eigenvalue weighted by Crippen LogP contribution is 2.37. The van der Waals surface area contributed by atoms with Crippen LogP contribution < -0.4 is 15.2 Å². The van der Waals surface area contributed by atoms with Crippen LogP contribution >= 0.6 is 23.8 Å². The van der Waals surface area contributed by atoms with Crippen molar-refractivity contribution in [3.63, 3.8) is 0 Å². The van der Waals surface area contributed by atoms with Gasteiger partial charge in [-0.3, -0.25) is 0 Å². The van der Waals surface area contributed by atoms with Crippen LogP contribution in [-0.2, 0) is 6.61 Å². The minimum Gasteiger partial charge on any atom is -0.490 e. The average Bonchev–Trinajstić information content (AvgIpc) is 2.46. The highest BCUT2D eigenvalue weighted by Gasteiger charge is 2.14. The minimum absolute atomic E-state index is 0.271. The number of hydrogen-bond acceptors (Lipinski definition) is 3. The van der Waals surface area contributed by atoms with E-state index in [4.69, 9.17) is 39.0 Å². The van der Waals surface area contributed by atoms with Gasteiger partial charge in [-0.2, -0.15) is 0 Å². The molecule has 0 aliphatic heterocycles. The SMILES string of the molecule is CCOc1cc(C(N)=S)cc(Cl)c1OCc1cccc(C)c1. The first-order chi connectivity index (χ1) is 10.5. The van der Waals surface area contributed by atoms with Gasteiger partial charge in [0.1, 0.15) is 11.6 Å². The van der Waals surface area contributed by atoms with Crippen LogP contribution in [-0.4, -0.2) is 11.6 Å². The fourth-order valence-electron chi connectivity index (χ4n) is 2.07. The molecule has 0 saturated heterocycles. The lowest BCUT2D eigenvalue weighted by Crippen LogP contribution is -2.10. The molecule has 0 unspecified atom stereocenters. The maximum Gasteiger partial charge on any atom is 0.180 e. The van der Waals surface area contributed by atoms with Crippen molar-refractivity contribution in [1.82, 2.24) is 0 Å². The number of rotatable bonds is 6. The Hall–Kier alpha value is -1.78. The highest BCUT2D eigenvalue weighted by atomic mass is 35.5. The number of benzene rings is 2. The fraction of sp³-hybridized carbons (Fsp3) is 0.235. The van der Waals surface area contributed by atoms with Crippen LogP contribution in [0.15, 0.2) is 36.4 Å². The van der Waals surface area contributed by atoms with Crippen molar-refractivity contribution in [3.05, 3.63) is 58.1 Å². The van der Waals surface area contributed by atoms with Gasteiger partial charge in [0.2, 0.25) is 0 Å². The summed E-state index contributed by atoms with van der Waals surface area (Å²) in [5.74, 6) is 1.05. The van der Waals surface area contributed by atoms with Gasteiger partial charge in [0.05, 0.1) is 11.6 Å². The Morgan fingerprint density at radius 1 is 1.23 bits per heavy atom. The van der Waals surface area contributed by atoms with Crippen molar-refractivity contribution in [2.75, 3.05) is 6.61 Å². The van der Waals surface area contributed by atoms with Crippen LogP contribution in [0.2, 0.25) is 5.02 Å². The second kappa shape index (κ2) is 7.47. The fourth-order valence-corrected chi connectivity index (χ4v) is 2.45. The molecule has 0 heterocycles. The third-order valence-corrected chi connectivity index (χ3v) is 3.58. The lowest BCUT2D eigenvalue weighted by Gasteiger charge is -2.15. The number of hydrogen-bond donors (Lipinski definition) is 1. The Labute approximate surface area is 141 Å². The van der Waals surface area contributed by atoms with E-state index in [9.17, 15) is 0 Å². The number of aryl methyl sites for hydroxylation is 1. The summed E-state index contributed by atoms with van der Waals surface area (Å²) in [6.07, 6.45) is 0. The van der Waals surface area contributed by atoms with Crippen LogP contribution in [0.25, 0.3) is 0 Å². The Bertz CT molecular complexity index is 688. The van der Waals surface area contributed by atoms with Crippen LogP contribution in [0, 0.1) is 6.92 Å². The van der Waals surface area contributed by atoms with Crippen LogP contribution in [0.3, 0.4) is 0 Å². The second-order valence-electron chi connectivity index (χ2n) is 4.86. The van der Waals surface area contributed by atoms with Gasteiger partial charge in [-0.1, -0.05) is 53.6 Å². The maximum absolute atomic E-state index is 6.29. The van der Waals surface area contributed by atoms with E-state index in [0.29, 0.717) is 35.3 Å². The Morgan fingerprint density at radius 2 is 2.00 bits per heavy atom. The molecule has 2 aromatic rings. The zero-order valence-corrected chi connectivity index (χ0v) is 14.1.